The summed E-state index contributed by atoms with van der Waals surface area (Å²) in [6.45, 7) is 5.23. The minimum absolute atomic E-state index is 0.0654. The van der Waals surface area contributed by atoms with Gasteiger partial charge >= 0.3 is 0 Å². The zero-order valence-corrected chi connectivity index (χ0v) is 14.6. The first-order valence-corrected chi connectivity index (χ1v) is 8.62. The molecule has 1 aromatic carbocycles. The summed E-state index contributed by atoms with van der Waals surface area (Å²) in [6.07, 6.45) is 2.13. The van der Waals surface area contributed by atoms with Crippen molar-refractivity contribution in [1.82, 2.24) is 15.5 Å². The number of ether oxygens (including phenoxy) is 1. The third-order valence-electron chi connectivity index (χ3n) is 4.09. The molecule has 1 aliphatic rings. The fourth-order valence-electron chi connectivity index (χ4n) is 2.75. The molecule has 132 valence electrons. The largest absolute Gasteiger partial charge is 0.375 e. The number of amides is 1. The van der Waals surface area contributed by atoms with Crippen LogP contribution in [0.25, 0.3) is 0 Å². The van der Waals surface area contributed by atoms with Gasteiger partial charge in [0.15, 0.2) is 5.96 Å². The van der Waals surface area contributed by atoms with Gasteiger partial charge in [0.2, 0.25) is 5.91 Å². The van der Waals surface area contributed by atoms with E-state index < -0.39 is 0 Å². The molecular weight excluding hydrogens is 304 g/mol. The molecule has 0 saturated carbocycles. The maximum atomic E-state index is 12.1. The molecule has 2 rings (SSSR count). The zero-order valence-electron chi connectivity index (χ0n) is 14.6. The maximum absolute atomic E-state index is 12.1. The van der Waals surface area contributed by atoms with Crippen LogP contribution in [0.1, 0.15) is 31.4 Å². The van der Waals surface area contributed by atoms with E-state index in [9.17, 15) is 4.79 Å². The molecular formula is C18H28N4O2. The Hall–Kier alpha value is -2.08. The number of nitrogens with zero attached hydrogens (tertiary/aromatic N) is 2. The monoisotopic (exact) mass is 332 g/mol. The highest BCUT2D eigenvalue weighted by molar-refractivity contribution is 5.85. The molecule has 0 bridgehead atoms. The Kier molecular flexibility index (Phi) is 7.55. The highest BCUT2D eigenvalue weighted by Gasteiger charge is 2.17. The van der Waals surface area contributed by atoms with Crippen LogP contribution < -0.4 is 10.6 Å². The number of carbonyl (C=O) groups excluding carboxylic acids is 1. The zero-order chi connectivity index (χ0) is 17.2. The van der Waals surface area contributed by atoms with Crippen molar-refractivity contribution in [2.24, 2.45) is 4.99 Å². The van der Waals surface area contributed by atoms with Crippen LogP contribution >= 0.6 is 0 Å². The molecule has 24 heavy (non-hydrogen) atoms. The van der Waals surface area contributed by atoms with Gasteiger partial charge in [-0.15, -0.1) is 0 Å². The number of likely N-dealkylation sites (tertiary alicyclic amines) is 1. The Morgan fingerprint density at radius 1 is 1.25 bits per heavy atom. The molecule has 6 heteroatoms. The van der Waals surface area contributed by atoms with Crippen molar-refractivity contribution in [3.63, 3.8) is 0 Å². The van der Waals surface area contributed by atoms with E-state index in [2.05, 4.69) is 15.6 Å². The second-order valence-corrected chi connectivity index (χ2v) is 5.80. The Balaban J connectivity index is 1.89. The van der Waals surface area contributed by atoms with Crippen molar-refractivity contribution >= 4 is 11.9 Å². The molecule has 1 aliphatic heterocycles. The first kappa shape index (κ1) is 18.3. The minimum atomic E-state index is -0.0654. The number of carbonyl (C=O) groups is 1. The van der Waals surface area contributed by atoms with Crippen LogP contribution in [0.15, 0.2) is 35.3 Å². The number of rotatable bonds is 7. The van der Waals surface area contributed by atoms with Crippen molar-refractivity contribution in [1.29, 1.82) is 0 Å². The van der Waals surface area contributed by atoms with Gasteiger partial charge in [-0.05, 0) is 25.3 Å². The molecule has 0 aliphatic carbocycles. The maximum Gasteiger partial charge on any atom is 0.244 e. The molecule has 0 radical (unpaired) electrons. The van der Waals surface area contributed by atoms with Gasteiger partial charge in [0.25, 0.3) is 0 Å². The smallest absolute Gasteiger partial charge is 0.244 e. The Labute approximate surface area is 144 Å². The fraction of sp³-hybridized carbons (Fsp3) is 0.556. The summed E-state index contributed by atoms with van der Waals surface area (Å²) >= 11 is 0. The second kappa shape index (κ2) is 9.93. The number of hydrogen-bond donors (Lipinski definition) is 2. The molecule has 1 unspecified atom stereocenters. The highest BCUT2D eigenvalue weighted by Crippen LogP contribution is 2.14. The average Bonchev–Trinajstić information content (AvgIpc) is 3.15. The first-order valence-electron chi connectivity index (χ1n) is 8.62. The van der Waals surface area contributed by atoms with E-state index in [-0.39, 0.29) is 18.6 Å². The van der Waals surface area contributed by atoms with E-state index in [1.165, 1.54) is 0 Å². The van der Waals surface area contributed by atoms with Crippen LogP contribution in [-0.4, -0.2) is 56.6 Å². The van der Waals surface area contributed by atoms with Crippen LogP contribution in [0, 0.1) is 0 Å². The molecule has 1 heterocycles. The van der Waals surface area contributed by atoms with Gasteiger partial charge in [0.05, 0.1) is 6.10 Å². The number of hydrogen-bond acceptors (Lipinski definition) is 3. The molecule has 6 nitrogen and oxygen atoms in total. The average molecular weight is 332 g/mol. The van der Waals surface area contributed by atoms with E-state index in [0.29, 0.717) is 12.5 Å². The lowest BCUT2D eigenvalue weighted by atomic mass is 10.1. The lowest BCUT2D eigenvalue weighted by Crippen LogP contribution is -2.40. The van der Waals surface area contributed by atoms with E-state index in [1.54, 1.807) is 7.11 Å². The summed E-state index contributed by atoms with van der Waals surface area (Å²) in [6, 6.07) is 10.1. The number of nitrogens with one attached hydrogen (secondary N) is 2. The molecule has 1 fully saturated rings. The van der Waals surface area contributed by atoms with Crippen LogP contribution in [-0.2, 0) is 9.53 Å². The molecule has 0 aromatic heterocycles. The highest BCUT2D eigenvalue weighted by atomic mass is 16.5. The summed E-state index contributed by atoms with van der Waals surface area (Å²) in [5, 5.41) is 6.43. The molecule has 1 atom stereocenters. The summed E-state index contributed by atoms with van der Waals surface area (Å²) in [4.78, 5) is 18.4. The van der Waals surface area contributed by atoms with Crippen molar-refractivity contribution in [3.05, 3.63) is 35.9 Å². The summed E-state index contributed by atoms with van der Waals surface area (Å²) in [5.74, 6) is 0.735. The van der Waals surface area contributed by atoms with Crippen LogP contribution in [0.4, 0.5) is 0 Å². The molecule has 2 N–H and O–H groups in total. The summed E-state index contributed by atoms with van der Waals surface area (Å²) < 4.78 is 5.55. The van der Waals surface area contributed by atoms with Gasteiger partial charge in [-0.3, -0.25) is 4.79 Å². The van der Waals surface area contributed by atoms with Gasteiger partial charge in [-0.1, -0.05) is 30.3 Å². The van der Waals surface area contributed by atoms with Gasteiger partial charge in [-0.2, -0.15) is 0 Å². The Bertz CT molecular complexity index is 527. The molecule has 1 aromatic rings. The predicted octanol–water partition coefficient (Wildman–Crippen LogP) is 1.55. The van der Waals surface area contributed by atoms with Gasteiger partial charge in [0.1, 0.15) is 6.54 Å². The standard InChI is InChI=1S/C18H28N4O2/c1-3-19-18(21-14-17(23)22-11-7-8-12-22)20-13-16(24-2)15-9-5-4-6-10-15/h4-6,9-10,16H,3,7-8,11-14H2,1-2H3,(H2,19,20,21). The van der Waals surface area contributed by atoms with Gasteiger partial charge in [-0.25, -0.2) is 4.99 Å². The van der Waals surface area contributed by atoms with Crippen molar-refractivity contribution < 1.29 is 9.53 Å². The minimum Gasteiger partial charge on any atom is -0.375 e. The van der Waals surface area contributed by atoms with Gasteiger partial charge < -0.3 is 20.3 Å². The van der Waals surface area contributed by atoms with Crippen LogP contribution in [0.5, 0.6) is 0 Å². The number of aliphatic imine (C=N–C) groups is 1. The first-order chi connectivity index (χ1) is 11.7. The van der Waals surface area contributed by atoms with Crippen LogP contribution in [0.3, 0.4) is 0 Å². The van der Waals surface area contributed by atoms with Crippen molar-refractivity contribution in [2.75, 3.05) is 39.8 Å². The van der Waals surface area contributed by atoms with E-state index in [0.717, 1.165) is 38.0 Å². The number of methoxy groups -OCH3 is 1. The summed E-state index contributed by atoms with van der Waals surface area (Å²) in [5.41, 5.74) is 1.11. The number of guanidine groups is 1. The molecule has 0 spiro atoms. The SMILES string of the molecule is CCNC(=NCC(=O)N1CCCC1)NCC(OC)c1ccccc1. The van der Waals surface area contributed by atoms with E-state index in [1.807, 2.05) is 42.2 Å². The van der Waals surface area contributed by atoms with E-state index in [4.69, 9.17) is 4.74 Å². The Morgan fingerprint density at radius 3 is 2.58 bits per heavy atom. The topological polar surface area (TPSA) is 66.0 Å². The van der Waals surface area contributed by atoms with Gasteiger partial charge in [0, 0.05) is 33.3 Å². The number of benzene rings is 1. The summed E-state index contributed by atoms with van der Waals surface area (Å²) in [7, 11) is 1.69. The quantitative estimate of drug-likeness (QED) is 0.587. The molecule has 1 saturated heterocycles. The second-order valence-electron chi connectivity index (χ2n) is 5.80. The van der Waals surface area contributed by atoms with Crippen LogP contribution in [0.2, 0.25) is 0 Å². The van der Waals surface area contributed by atoms with Crippen molar-refractivity contribution in [3.8, 4) is 0 Å². The third kappa shape index (κ3) is 5.53. The normalized spacial score (nSPS) is 16.1. The Morgan fingerprint density at radius 2 is 1.96 bits per heavy atom. The van der Waals surface area contributed by atoms with Crippen molar-refractivity contribution in [2.45, 2.75) is 25.9 Å². The fourth-order valence-corrected chi connectivity index (χ4v) is 2.75. The lowest BCUT2D eigenvalue weighted by molar-refractivity contribution is -0.128. The lowest BCUT2D eigenvalue weighted by Gasteiger charge is -2.19. The van der Waals surface area contributed by atoms with E-state index >= 15 is 0 Å². The predicted molar refractivity (Wildman–Crippen MR) is 96.0 cm³/mol. The third-order valence-corrected chi connectivity index (χ3v) is 4.09. The molecule has 1 amide bonds.